The highest BCUT2D eigenvalue weighted by atomic mass is 35.5. The molecule has 3 aromatic rings. The quantitative estimate of drug-likeness (QED) is 0.646. The molecule has 0 saturated heterocycles. The number of anilines is 1. The van der Waals surface area contributed by atoms with Gasteiger partial charge in [0.15, 0.2) is 17.5 Å². The number of hydrogen-bond acceptors (Lipinski definition) is 5. The summed E-state index contributed by atoms with van der Waals surface area (Å²) < 4.78 is 14.2. The molecule has 1 fully saturated rings. The van der Waals surface area contributed by atoms with Crippen LogP contribution < -0.4 is 11.1 Å². The number of nitrogens with zero attached hydrogens (tertiary/aromatic N) is 3. The molecular formula is C18H20ClFN6. The Hall–Kier alpha value is -2.25. The number of nitrogens with one attached hydrogen (secondary N) is 2. The summed E-state index contributed by atoms with van der Waals surface area (Å²) in [6.45, 7) is 0.607. The fourth-order valence-electron chi connectivity index (χ4n) is 3.50. The zero-order valence-electron chi connectivity index (χ0n) is 14.2. The minimum Gasteiger partial charge on any atom is -0.367 e. The molecule has 6 nitrogen and oxygen atoms in total. The molecule has 4 rings (SSSR count). The van der Waals surface area contributed by atoms with Crippen molar-refractivity contribution in [2.75, 3.05) is 11.9 Å². The molecule has 26 heavy (non-hydrogen) atoms. The number of H-pyrrole nitrogens is 1. The number of fused-ring (bicyclic) bond motifs is 1. The number of hydrogen-bond donors (Lipinski definition) is 3. The number of pyridine rings is 1. The second kappa shape index (κ2) is 7.17. The van der Waals surface area contributed by atoms with Gasteiger partial charge in [-0.15, -0.1) is 0 Å². The maximum atomic E-state index is 14.2. The molecule has 2 atom stereocenters. The summed E-state index contributed by atoms with van der Waals surface area (Å²) in [5, 5.41) is 4.43. The van der Waals surface area contributed by atoms with Crippen molar-refractivity contribution < 1.29 is 4.39 Å². The Bertz CT molecular complexity index is 927. The molecule has 3 heterocycles. The van der Waals surface area contributed by atoms with Crippen LogP contribution in [0.1, 0.15) is 25.7 Å². The highest BCUT2D eigenvalue weighted by Gasteiger charge is 2.22. The van der Waals surface area contributed by atoms with E-state index in [0.29, 0.717) is 29.0 Å². The second-order valence-electron chi connectivity index (χ2n) is 6.73. The molecule has 0 unspecified atom stereocenters. The summed E-state index contributed by atoms with van der Waals surface area (Å²) in [5.41, 5.74) is 7.58. The normalized spacial score (nSPS) is 20.4. The molecule has 4 N–H and O–H groups in total. The molecular weight excluding hydrogens is 355 g/mol. The lowest BCUT2D eigenvalue weighted by molar-refractivity contribution is 0.321. The molecule has 3 aromatic heterocycles. The lowest BCUT2D eigenvalue weighted by Crippen LogP contribution is -2.37. The smallest absolute Gasteiger partial charge is 0.183 e. The van der Waals surface area contributed by atoms with Crippen LogP contribution in [0.5, 0.6) is 0 Å². The van der Waals surface area contributed by atoms with Crippen molar-refractivity contribution in [2.24, 2.45) is 11.7 Å². The summed E-state index contributed by atoms with van der Waals surface area (Å²) >= 11 is 6.04. The first-order chi connectivity index (χ1) is 12.6. The van der Waals surface area contributed by atoms with E-state index in [-0.39, 0.29) is 11.9 Å². The third-order valence-electron chi connectivity index (χ3n) is 4.98. The van der Waals surface area contributed by atoms with Gasteiger partial charge in [-0.25, -0.2) is 19.3 Å². The monoisotopic (exact) mass is 374 g/mol. The largest absolute Gasteiger partial charge is 0.367 e. The minimum absolute atomic E-state index is 0.155. The fourth-order valence-corrected chi connectivity index (χ4v) is 3.66. The maximum absolute atomic E-state index is 14.2. The molecule has 0 radical (unpaired) electrons. The molecule has 136 valence electrons. The number of aromatic nitrogens is 4. The van der Waals surface area contributed by atoms with Gasteiger partial charge in [0.25, 0.3) is 0 Å². The van der Waals surface area contributed by atoms with Gasteiger partial charge in [-0.05, 0) is 24.8 Å². The van der Waals surface area contributed by atoms with Crippen LogP contribution in [0.2, 0.25) is 5.02 Å². The van der Waals surface area contributed by atoms with Gasteiger partial charge >= 0.3 is 0 Å². The SMILES string of the molecule is N[C@@H]1CCCC[C@H]1CNc1nc(-c2c[nH]c3ncc(Cl)cc23)ncc1F. The summed E-state index contributed by atoms with van der Waals surface area (Å²) in [6.07, 6.45) is 8.91. The zero-order valence-corrected chi connectivity index (χ0v) is 14.9. The van der Waals surface area contributed by atoms with E-state index in [1.807, 2.05) is 0 Å². The van der Waals surface area contributed by atoms with E-state index < -0.39 is 5.82 Å². The van der Waals surface area contributed by atoms with Crippen molar-refractivity contribution in [3.63, 3.8) is 0 Å². The first-order valence-electron chi connectivity index (χ1n) is 8.77. The molecule has 1 aliphatic carbocycles. The highest BCUT2D eigenvalue weighted by Crippen LogP contribution is 2.28. The van der Waals surface area contributed by atoms with Crippen molar-refractivity contribution in [3.05, 3.63) is 35.5 Å². The van der Waals surface area contributed by atoms with Crippen molar-refractivity contribution in [1.29, 1.82) is 0 Å². The molecule has 0 spiro atoms. The van der Waals surface area contributed by atoms with Gasteiger partial charge in [-0.3, -0.25) is 0 Å². The van der Waals surface area contributed by atoms with Crippen molar-refractivity contribution >= 4 is 28.5 Å². The summed E-state index contributed by atoms with van der Waals surface area (Å²) in [6, 6.07) is 1.94. The average Bonchev–Trinajstić information content (AvgIpc) is 3.05. The maximum Gasteiger partial charge on any atom is 0.183 e. The Labute approximate surface area is 155 Å². The average molecular weight is 375 g/mol. The summed E-state index contributed by atoms with van der Waals surface area (Å²) in [5.74, 6) is 0.459. The van der Waals surface area contributed by atoms with Gasteiger partial charge in [0, 0.05) is 35.9 Å². The van der Waals surface area contributed by atoms with Gasteiger partial charge < -0.3 is 16.0 Å². The van der Waals surface area contributed by atoms with E-state index in [0.717, 1.165) is 23.8 Å². The van der Waals surface area contributed by atoms with Crippen molar-refractivity contribution in [1.82, 2.24) is 19.9 Å². The predicted molar refractivity (Wildman–Crippen MR) is 101 cm³/mol. The van der Waals surface area contributed by atoms with Crippen LogP contribution in [-0.2, 0) is 0 Å². The standard InChI is InChI=1S/C18H20ClFN6/c19-11-5-12-13(8-24-16(12)23-7-11)17-25-9-14(20)18(26-17)22-6-10-3-1-2-4-15(10)21/h5,7-10,15H,1-4,6,21H2,(H,23,24)(H,22,25,26)/t10-,15+/m0/s1. The number of halogens is 2. The molecule has 0 amide bonds. The highest BCUT2D eigenvalue weighted by molar-refractivity contribution is 6.31. The van der Waals surface area contributed by atoms with E-state index in [4.69, 9.17) is 17.3 Å². The van der Waals surface area contributed by atoms with Crippen molar-refractivity contribution in [3.8, 4) is 11.4 Å². The Balaban J connectivity index is 1.60. The first-order valence-corrected chi connectivity index (χ1v) is 9.14. The van der Waals surface area contributed by atoms with Gasteiger partial charge in [0.2, 0.25) is 0 Å². The van der Waals surface area contributed by atoms with Gasteiger partial charge in [0.1, 0.15) is 5.65 Å². The molecule has 1 saturated carbocycles. The first kappa shape index (κ1) is 17.2. The molecule has 0 bridgehead atoms. The lowest BCUT2D eigenvalue weighted by Gasteiger charge is -2.28. The fraction of sp³-hybridized carbons (Fsp3) is 0.389. The molecule has 0 aromatic carbocycles. The van der Waals surface area contributed by atoms with E-state index in [1.54, 1.807) is 18.5 Å². The minimum atomic E-state index is -0.478. The number of aromatic amines is 1. The molecule has 0 aliphatic heterocycles. The number of nitrogens with two attached hydrogens (primary N) is 1. The van der Waals surface area contributed by atoms with Crippen LogP contribution in [-0.4, -0.2) is 32.5 Å². The van der Waals surface area contributed by atoms with E-state index in [9.17, 15) is 4.39 Å². The van der Waals surface area contributed by atoms with Crippen LogP contribution in [0.3, 0.4) is 0 Å². The Morgan fingerprint density at radius 2 is 2.12 bits per heavy atom. The van der Waals surface area contributed by atoms with Crippen LogP contribution >= 0.6 is 11.6 Å². The van der Waals surface area contributed by atoms with E-state index >= 15 is 0 Å². The number of rotatable bonds is 4. The van der Waals surface area contributed by atoms with Crippen molar-refractivity contribution in [2.45, 2.75) is 31.7 Å². The van der Waals surface area contributed by atoms with Crippen LogP contribution in [0.25, 0.3) is 22.4 Å². The van der Waals surface area contributed by atoms with Gasteiger partial charge in [-0.1, -0.05) is 24.4 Å². The lowest BCUT2D eigenvalue weighted by atomic mass is 9.85. The molecule has 1 aliphatic rings. The zero-order chi connectivity index (χ0) is 18.1. The second-order valence-corrected chi connectivity index (χ2v) is 7.17. The topological polar surface area (TPSA) is 92.5 Å². The molecule has 8 heteroatoms. The van der Waals surface area contributed by atoms with E-state index in [1.165, 1.54) is 19.0 Å². The van der Waals surface area contributed by atoms with Gasteiger partial charge in [0.05, 0.1) is 11.2 Å². The predicted octanol–water partition coefficient (Wildman–Crippen LogP) is 3.74. The third-order valence-corrected chi connectivity index (χ3v) is 5.19. The van der Waals surface area contributed by atoms with Crippen LogP contribution in [0.15, 0.2) is 24.7 Å². The Morgan fingerprint density at radius 1 is 1.27 bits per heavy atom. The summed E-state index contributed by atoms with van der Waals surface area (Å²) in [4.78, 5) is 15.8. The summed E-state index contributed by atoms with van der Waals surface area (Å²) in [7, 11) is 0. The Morgan fingerprint density at radius 3 is 2.96 bits per heavy atom. The van der Waals surface area contributed by atoms with E-state index in [2.05, 4.69) is 25.3 Å². The van der Waals surface area contributed by atoms with Gasteiger partial charge in [-0.2, -0.15) is 0 Å². The Kier molecular flexibility index (Phi) is 4.74. The third kappa shape index (κ3) is 3.37. The van der Waals surface area contributed by atoms with Crippen LogP contribution in [0, 0.1) is 11.7 Å². The van der Waals surface area contributed by atoms with Crippen LogP contribution in [0.4, 0.5) is 10.2 Å².